The van der Waals surface area contributed by atoms with E-state index in [1.807, 2.05) is 74.5 Å². The van der Waals surface area contributed by atoms with Gasteiger partial charge >= 0.3 is 6.09 Å². The van der Waals surface area contributed by atoms with Crippen LogP contribution in [0.5, 0.6) is 5.75 Å². The van der Waals surface area contributed by atoms with Gasteiger partial charge in [0.1, 0.15) is 25.0 Å². The second-order valence-electron chi connectivity index (χ2n) is 10.5. The lowest BCUT2D eigenvalue weighted by Crippen LogP contribution is -2.56. The first-order valence-electron chi connectivity index (χ1n) is 14.1. The largest absolute Gasteiger partial charge is 0.489 e. The minimum Gasteiger partial charge on any atom is -0.489 e. The lowest BCUT2D eigenvalue weighted by atomic mass is 9.99. The number of imide groups is 1. The van der Waals surface area contributed by atoms with E-state index in [1.165, 1.54) is 0 Å². The van der Waals surface area contributed by atoms with Crippen LogP contribution in [0.15, 0.2) is 84.9 Å². The molecule has 0 bridgehead atoms. The standard InChI is InChI=1S/C32H35N5O5S2/c1-21(2)17-27(28(38)34-30-35-36-31(43)44-30)37(32(40)42-20-24-11-7-4-8-12-24)29(39)26(33)18-22-13-15-25(16-14-22)41-19-23-9-5-3-6-10-23/h3-16,21,26-27H,17-20,33H2,1-2H3,(H,36,43)(H,34,35,38)/t26-,27-/m0/s1. The molecule has 1 aromatic heterocycles. The molecule has 4 aromatic rings. The van der Waals surface area contributed by atoms with Gasteiger partial charge in [0.05, 0.1) is 6.04 Å². The van der Waals surface area contributed by atoms with Crippen LogP contribution in [-0.4, -0.2) is 45.1 Å². The van der Waals surface area contributed by atoms with Crippen molar-refractivity contribution in [3.63, 3.8) is 0 Å². The first kappa shape index (κ1) is 32.5. The number of amides is 3. The van der Waals surface area contributed by atoms with Gasteiger partial charge in [-0.15, -0.1) is 5.10 Å². The van der Waals surface area contributed by atoms with Crippen LogP contribution in [0, 0.1) is 9.87 Å². The molecule has 4 rings (SSSR count). The van der Waals surface area contributed by atoms with E-state index in [0.29, 0.717) is 16.3 Å². The Hall–Kier alpha value is -4.39. The average Bonchev–Trinajstić information content (AvgIpc) is 3.44. The lowest BCUT2D eigenvalue weighted by molar-refractivity contribution is -0.138. The first-order chi connectivity index (χ1) is 21.2. The molecule has 0 unspecified atom stereocenters. The third-order valence-electron chi connectivity index (χ3n) is 6.56. The Kier molecular flexibility index (Phi) is 11.8. The van der Waals surface area contributed by atoms with Crippen molar-refractivity contribution in [2.75, 3.05) is 5.32 Å². The average molecular weight is 634 g/mol. The van der Waals surface area contributed by atoms with Crippen molar-refractivity contribution < 1.29 is 23.9 Å². The van der Waals surface area contributed by atoms with Gasteiger partial charge in [0.2, 0.25) is 16.9 Å². The summed E-state index contributed by atoms with van der Waals surface area (Å²) in [6, 6.07) is 23.8. The third kappa shape index (κ3) is 9.56. The topological polar surface area (TPSA) is 140 Å². The molecule has 0 aliphatic heterocycles. The molecule has 12 heteroatoms. The summed E-state index contributed by atoms with van der Waals surface area (Å²) in [4.78, 5) is 41.8. The molecule has 44 heavy (non-hydrogen) atoms. The van der Waals surface area contributed by atoms with Crippen molar-refractivity contribution in [2.45, 2.75) is 52.0 Å². The molecule has 10 nitrogen and oxygen atoms in total. The van der Waals surface area contributed by atoms with Crippen molar-refractivity contribution >= 4 is 46.6 Å². The van der Waals surface area contributed by atoms with Crippen LogP contribution in [0.2, 0.25) is 0 Å². The molecule has 3 amide bonds. The van der Waals surface area contributed by atoms with Crippen molar-refractivity contribution in [1.29, 1.82) is 0 Å². The van der Waals surface area contributed by atoms with Gasteiger partial charge < -0.3 is 15.2 Å². The minimum atomic E-state index is -1.21. The monoisotopic (exact) mass is 633 g/mol. The zero-order valence-corrected chi connectivity index (χ0v) is 26.1. The van der Waals surface area contributed by atoms with Crippen LogP contribution in [-0.2, 0) is 34.0 Å². The van der Waals surface area contributed by atoms with Crippen molar-refractivity contribution in [3.8, 4) is 5.75 Å². The molecule has 230 valence electrons. The van der Waals surface area contributed by atoms with Crippen LogP contribution in [0.3, 0.4) is 0 Å². The number of aromatic amines is 1. The van der Waals surface area contributed by atoms with Crippen LogP contribution in [0.1, 0.15) is 37.0 Å². The number of H-pyrrole nitrogens is 1. The smallest absolute Gasteiger partial charge is 0.417 e. The molecule has 0 fully saturated rings. The van der Waals surface area contributed by atoms with Crippen LogP contribution < -0.4 is 15.8 Å². The Morgan fingerprint density at radius 2 is 1.55 bits per heavy atom. The van der Waals surface area contributed by atoms with E-state index in [4.69, 9.17) is 27.4 Å². The second-order valence-corrected chi connectivity index (χ2v) is 12.2. The lowest BCUT2D eigenvalue weighted by Gasteiger charge is -2.31. The maximum absolute atomic E-state index is 13.9. The number of anilines is 1. The number of rotatable bonds is 13. The zero-order valence-electron chi connectivity index (χ0n) is 24.5. The fourth-order valence-electron chi connectivity index (χ4n) is 4.39. The fraction of sp³-hybridized carbons (Fsp3) is 0.281. The number of nitrogens with one attached hydrogen (secondary N) is 2. The van der Waals surface area contributed by atoms with E-state index in [0.717, 1.165) is 32.9 Å². The molecule has 0 saturated heterocycles. The Balaban J connectivity index is 1.51. The van der Waals surface area contributed by atoms with Gasteiger partial charge in [0.25, 0.3) is 0 Å². The summed E-state index contributed by atoms with van der Waals surface area (Å²) in [5.74, 6) is -0.726. The number of nitrogens with zero attached hydrogens (tertiary/aromatic N) is 2. The summed E-state index contributed by atoms with van der Waals surface area (Å²) in [7, 11) is 0. The van der Waals surface area contributed by atoms with Gasteiger partial charge in [0.15, 0.2) is 3.95 Å². The number of carbonyl (C=O) groups is 3. The van der Waals surface area contributed by atoms with Gasteiger partial charge in [0, 0.05) is 0 Å². The van der Waals surface area contributed by atoms with E-state index < -0.39 is 30.0 Å². The Morgan fingerprint density at radius 1 is 0.932 bits per heavy atom. The van der Waals surface area contributed by atoms with E-state index >= 15 is 0 Å². The van der Waals surface area contributed by atoms with E-state index in [-0.39, 0.29) is 30.5 Å². The third-order valence-corrected chi connectivity index (χ3v) is 7.57. The van der Waals surface area contributed by atoms with Crippen LogP contribution in [0.25, 0.3) is 0 Å². The highest BCUT2D eigenvalue weighted by Crippen LogP contribution is 2.21. The first-order valence-corrected chi connectivity index (χ1v) is 15.3. The van der Waals surface area contributed by atoms with E-state index in [9.17, 15) is 14.4 Å². The number of hydrogen-bond donors (Lipinski definition) is 3. The summed E-state index contributed by atoms with van der Waals surface area (Å²) >= 11 is 6.13. The van der Waals surface area contributed by atoms with Crippen molar-refractivity contribution in [2.24, 2.45) is 11.7 Å². The number of aromatic nitrogens is 2. The quantitative estimate of drug-likeness (QED) is 0.155. The van der Waals surface area contributed by atoms with Gasteiger partial charge in [-0.3, -0.25) is 20.0 Å². The van der Waals surface area contributed by atoms with Crippen LogP contribution in [0.4, 0.5) is 9.93 Å². The van der Waals surface area contributed by atoms with Crippen molar-refractivity contribution in [3.05, 3.63) is 106 Å². The van der Waals surface area contributed by atoms with E-state index in [1.54, 1.807) is 24.3 Å². The number of nitrogens with two attached hydrogens (primary N) is 1. The number of carbonyl (C=O) groups excluding carboxylic acids is 3. The SMILES string of the molecule is CC(C)C[C@@H](C(=O)Nc1n[nH]c(=S)s1)N(C(=O)OCc1ccccc1)C(=O)[C@@H](N)Cc1ccc(OCc2ccccc2)cc1. The van der Waals surface area contributed by atoms with Crippen LogP contribution >= 0.6 is 23.6 Å². The maximum Gasteiger partial charge on any atom is 0.417 e. The molecule has 3 aromatic carbocycles. The van der Waals surface area contributed by atoms with Gasteiger partial charge in [-0.1, -0.05) is 98.0 Å². The number of ether oxygens (including phenoxy) is 2. The van der Waals surface area contributed by atoms with Gasteiger partial charge in [-0.2, -0.15) is 0 Å². The molecular formula is C32H35N5O5S2. The zero-order chi connectivity index (χ0) is 31.5. The Labute approximate surface area is 265 Å². The molecule has 0 aliphatic rings. The Bertz CT molecular complexity index is 1580. The number of hydrogen-bond acceptors (Lipinski definition) is 9. The molecule has 0 aliphatic carbocycles. The normalized spacial score (nSPS) is 12.3. The molecule has 1 heterocycles. The highest BCUT2D eigenvalue weighted by atomic mass is 32.1. The summed E-state index contributed by atoms with van der Waals surface area (Å²) in [6.45, 7) is 4.11. The minimum absolute atomic E-state index is 0.0556. The van der Waals surface area contributed by atoms with Gasteiger partial charge in [-0.25, -0.2) is 9.69 Å². The molecule has 4 N–H and O–H groups in total. The summed E-state index contributed by atoms with van der Waals surface area (Å²) in [5, 5.41) is 9.46. The molecule has 2 atom stereocenters. The molecular weight excluding hydrogens is 599 g/mol. The highest BCUT2D eigenvalue weighted by molar-refractivity contribution is 7.73. The van der Waals surface area contributed by atoms with Gasteiger partial charge in [-0.05, 0) is 59.8 Å². The molecule has 0 saturated carbocycles. The second kappa shape index (κ2) is 15.9. The predicted octanol–water partition coefficient (Wildman–Crippen LogP) is 5.87. The summed E-state index contributed by atoms with van der Waals surface area (Å²) < 4.78 is 11.8. The fourth-order valence-corrected chi connectivity index (χ4v) is 5.18. The predicted molar refractivity (Wildman–Crippen MR) is 172 cm³/mol. The summed E-state index contributed by atoms with van der Waals surface area (Å²) in [6.07, 6.45) is -0.667. The maximum atomic E-state index is 13.9. The van der Waals surface area contributed by atoms with E-state index in [2.05, 4.69) is 15.5 Å². The summed E-state index contributed by atoms with van der Waals surface area (Å²) in [5.41, 5.74) is 8.93. The molecule has 0 radical (unpaired) electrons. The number of benzene rings is 3. The Morgan fingerprint density at radius 3 is 2.11 bits per heavy atom. The molecule has 0 spiro atoms. The highest BCUT2D eigenvalue weighted by Gasteiger charge is 2.39. The van der Waals surface area contributed by atoms with Crippen molar-refractivity contribution in [1.82, 2.24) is 15.1 Å².